The lowest BCUT2D eigenvalue weighted by Crippen LogP contribution is -2.16. The lowest BCUT2D eigenvalue weighted by molar-refractivity contribution is -0.384. The van der Waals surface area contributed by atoms with Gasteiger partial charge in [-0.25, -0.2) is 4.39 Å². The van der Waals surface area contributed by atoms with Gasteiger partial charge in [0.25, 0.3) is 5.69 Å². The van der Waals surface area contributed by atoms with Gasteiger partial charge >= 0.3 is 0 Å². The average Bonchev–Trinajstić information content (AvgIpc) is 3.09. The van der Waals surface area contributed by atoms with E-state index in [1.54, 1.807) is 24.3 Å². The molecule has 1 N–H and O–H groups in total. The average molecular weight is 332 g/mol. The van der Waals surface area contributed by atoms with Crippen LogP contribution in [0.4, 0.5) is 21.5 Å². The summed E-state index contributed by atoms with van der Waals surface area (Å²) in [6.07, 6.45) is 2.21. The fourth-order valence-electron chi connectivity index (χ4n) is 2.52. The first kappa shape index (κ1) is 16.2. The molecule has 2 aromatic carbocycles. The van der Waals surface area contributed by atoms with Crippen molar-refractivity contribution < 1.29 is 18.8 Å². The number of nitro groups is 1. The summed E-state index contributed by atoms with van der Waals surface area (Å²) in [7, 11) is 0. The minimum absolute atomic E-state index is 0.143. The smallest absolute Gasteiger partial charge is 0.295 e. The number of hydrogen-bond donors (Lipinski definition) is 1. The van der Waals surface area contributed by atoms with Crippen LogP contribution in [-0.4, -0.2) is 24.2 Å². The van der Waals surface area contributed by atoms with E-state index in [2.05, 4.69) is 5.32 Å². The monoisotopic (exact) mass is 332 g/mol. The van der Waals surface area contributed by atoms with Crippen molar-refractivity contribution in [1.29, 1.82) is 0 Å². The van der Waals surface area contributed by atoms with Gasteiger partial charge < -0.3 is 14.8 Å². The van der Waals surface area contributed by atoms with Gasteiger partial charge in [-0.3, -0.25) is 10.1 Å². The first-order chi connectivity index (χ1) is 11.6. The third-order valence-corrected chi connectivity index (χ3v) is 3.75. The zero-order chi connectivity index (χ0) is 16.9. The molecule has 0 saturated carbocycles. The highest BCUT2D eigenvalue weighted by Gasteiger charge is 2.16. The SMILES string of the molecule is O=[N+]([O-])c1cc(F)ccc1Nc1ccc(OC[C@@H]2CCCO2)cc1. The second-order valence-electron chi connectivity index (χ2n) is 5.51. The molecular formula is C17H17FN2O4. The maximum Gasteiger partial charge on any atom is 0.295 e. The Morgan fingerprint density at radius 1 is 1.29 bits per heavy atom. The zero-order valence-corrected chi connectivity index (χ0v) is 12.9. The summed E-state index contributed by atoms with van der Waals surface area (Å²) < 4.78 is 24.3. The van der Waals surface area contributed by atoms with E-state index in [1.165, 1.54) is 12.1 Å². The van der Waals surface area contributed by atoms with Gasteiger partial charge in [0.05, 0.1) is 17.1 Å². The molecule has 0 radical (unpaired) electrons. The molecule has 0 aromatic heterocycles. The topological polar surface area (TPSA) is 73.6 Å². The number of ether oxygens (including phenoxy) is 2. The van der Waals surface area contributed by atoms with Gasteiger partial charge in [-0.1, -0.05) is 0 Å². The van der Waals surface area contributed by atoms with Crippen molar-refractivity contribution in [3.63, 3.8) is 0 Å². The number of anilines is 2. The van der Waals surface area contributed by atoms with E-state index < -0.39 is 10.7 Å². The molecule has 2 aromatic rings. The molecular weight excluding hydrogens is 315 g/mol. The molecule has 0 amide bonds. The van der Waals surface area contributed by atoms with Gasteiger partial charge in [-0.05, 0) is 49.2 Å². The molecule has 1 heterocycles. The highest BCUT2D eigenvalue weighted by atomic mass is 19.1. The van der Waals surface area contributed by atoms with Crippen LogP contribution in [0.5, 0.6) is 5.75 Å². The number of benzene rings is 2. The largest absolute Gasteiger partial charge is 0.491 e. The zero-order valence-electron chi connectivity index (χ0n) is 12.9. The molecule has 126 valence electrons. The van der Waals surface area contributed by atoms with E-state index >= 15 is 0 Å². The lowest BCUT2D eigenvalue weighted by atomic mass is 10.2. The second kappa shape index (κ2) is 7.27. The lowest BCUT2D eigenvalue weighted by Gasteiger charge is -2.12. The number of nitrogens with zero attached hydrogens (tertiary/aromatic N) is 1. The molecule has 0 unspecified atom stereocenters. The van der Waals surface area contributed by atoms with Gasteiger partial charge in [-0.15, -0.1) is 0 Å². The molecule has 1 saturated heterocycles. The first-order valence-electron chi connectivity index (χ1n) is 7.67. The van der Waals surface area contributed by atoms with Crippen LogP contribution in [-0.2, 0) is 4.74 Å². The molecule has 1 aliphatic heterocycles. The fraction of sp³-hybridized carbons (Fsp3) is 0.294. The van der Waals surface area contributed by atoms with Crippen LogP contribution in [0.2, 0.25) is 0 Å². The molecule has 3 rings (SSSR count). The van der Waals surface area contributed by atoms with Crippen LogP contribution in [0.1, 0.15) is 12.8 Å². The van der Waals surface area contributed by atoms with Crippen LogP contribution in [0.25, 0.3) is 0 Å². The maximum atomic E-state index is 13.2. The van der Waals surface area contributed by atoms with E-state index in [9.17, 15) is 14.5 Å². The Kier molecular flexibility index (Phi) is 4.90. The van der Waals surface area contributed by atoms with Gasteiger partial charge in [0.15, 0.2) is 0 Å². The summed E-state index contributed by atoms with van der Waals surface area (Å²) in [5.74, 6) is 0.0507. The van der Waals surface area contributed by atoms with Gasteiger partial charge in [0.2, 0.25) is 0 Å². The molecule has 0 bridgehead atoms. The number of nitro benzene ring substituents is 1. The molecule has 6 nitrogen and oxygen atoms in total. The van der Waals surface area contributed by atoms with Gasteiger partial charge in [0.1, 0.15) is 23.9 Å². The summed E-state index contributed by atoms with van der Waals surface area (Å²) in [5, 5.41) is 13.9. The normalized spacial score (nSPS) is 16.8. The molecule has 0 spiro atoms. The van der Waals surface area contributed by atoms with Crippen LogP contribution >= 0.6 is 0 Å². The minimum atomic E-state index is -0.648. The molecule has 7 heteroatoms. The summed E-state index contributed by atoms with van der Waals surface area (Å²) in [6, 6.07) is 10.4. The summed E-state index contributed by atoms with van der Waals surface area (Å²) in [6.45, 7) is 1.30. The maximum absolute atomic E-state index is 13.2. The Balaban J connectivity index is 1.64. The predicted octanol–water partition coefficient (Wildman–Crippen LogP) is 4.04. The number of halogens is 1. The Morgan fingerprint density at radius 2 is 2.08 bits per heavy atom. The Hall–Kier alpha value is -2.67. The number of hydrogen-bond acceptors (Lipinski definition) is 5. The Morgan fingerprint density at radius 3 is 2.75 bits per heavy atom. The van der Waals surface area contributed by atoms with Crippen molar-refractivity contribution in [3.05, 3.63) is 58.4 Å². The third kappa shape index (κ3) is 3.99. The highest BCUT2D eigenvalue weighted by Crippen LogP contribution is 2.29. The van der Waals surface area contributed by atoms with Crippen molar-refractivity contribution in [1.82, 2.24) is 0 Å². The van der Waals surface area contributed by atoms with Crippen LogP contribution in [0, 0.1) is 15.9 Å². The minimum Gasteiger partial charge on any atom is -0.491 e. The van der Waals surface area contributed by atoms with E-state index in [4.69, 9.17) is 9.47 Å². The van der Waals surface area contributed by atoms with Crippen LogP contribution in [0.15, 0.2) is 42.5 Å². The van der Waals surface area contributed by atoms with Crippen molar-refractivity contribution in [3.8, 4) is 5.75 Å². The van der Waals surface area contributed by atoms with Crippen LogP contribution < -0.4 is 10.1 Å². The Labute approximate surface area is 138 Å². The van der Waals surface area contributed by atoms with E-state index in [-0.39, 0.29) is 17.5 Å². The van der Waals surface area contributed by atoms with E-state index in [1.807, 2.05) is 0 Å². The van der Waals surface area contributed by atoms with Crippen LogP contribution in [0.3, 0.4) is 0 Å². The molecule has 1 atom stereocenters. The molecule has 0 aliphatic carbocycles. The summed E-state index contributed by atoms with van der Waals surface area (Å²) in [4.78, 5) is 10.4. The van der Waals surface area contributed by atoms with Gasteiger partial charge in [-0.2, -0.15) is 0 Å². The molecule has 24 heavy (non-hydrogen) atoms. The molecule has 1 fully saturated rings. The highest BCUT2D eigenvalue weighted by molar-refractivity contribution is 5.69. The van der Waals surface area contributed by atoms with Gasteiger partial charge in [0, 0.05) is 12.3 Å². The van der Waals surface area contributed by atoms with Crippen molar-refractivity contribution in [2.45, 2.75) is 18.9 Å². The third-order valence-electron chi connectivity index (χ3n) is 3.75. The second-order valence-corrected chi connectivity index (χ2v) is 5.51. The van der Waals surface area contributed by atoms with Crippen molar-refractivity contribution >= 4 is 17.1 Å². The number of nitrogens with one attached hydrogen (secondary N) is 1. The quantitative estimate of drug-likeness (QED) is 0.638. The first-order valence-corrected chi connectivity index (χ1v) is 7.67. The van der Waals surface area contributed by atoms with Crippen molar-refractivity contribution in [2.75, 3.05) is 18.5 Å². The molecule has 1 aliphatic rings. The van der Waals surface area contributed by atoms with E-state index in [0.717, 1.165) is 25.5 Å². The standard InChI is InChI=1S/C17H17FN2O4/c18-12-3-8-16(17(10-12)20(21)22)19-13-4-6-14(7-5-13)24-11-15-2-1-9-23-15/h3-8,10,15,19H,1-2,9,11H2/t15-/m0/s1. The Bertz CT molecular complexity index is 715. The summed E-state index contributed by atoms with van der Waals surface area (Å²) in [5.41, 5.74) is 0.567. The predicted molar refractivity (Wildman–Crippen MR) is 87.2 cm³/mol. The van der Waals surface area contributed by atoms with Crippen molar-refractivity contribution in [2.24, 2.45) is 0 Å². The van der Waals surface area contributed by atoms with E-state index in [0.29, 0.717) is 18.0 Å². The fourth-order valence-corrected chi connectivity index (χ4v) is 2.52. The summed E-state index contributed by atoms with van der Waals surface area (Å²) >= 11 is 0. The number of rotatable bonds is 6.